The van der Waals surface area contributed by atoms with E-state index in [4.69, 9.17) is 32.7 Å². The van der Waals surface area contributed by atoms with Gasteiger partial charge in [-0.05, 0) is 44.2 Å². The van der Waals surface area contributed by atoms with Gasteiger partial charge in [0.1, 0.15) is 11.3 Å². The van der Waals surface area contributed by atoms with Crippen molar-refractivity contribution in [2.24, 2.45) is 0 Å². The van der Waals surface area contributed by atoms with Gasteiger partial charge in [0.05, 0.1) is 23.5 Å². The zero-order chi connectivity index (χ0) is 21.7. The number of benzene rings is 2. The van der Waals surface area contributed by atoms with Crippen LogP contribution in [0.25, 0.3) is 5.69 Å². The fourth-order valence-electron chi connectivity index (χ4n) is 2.62. The first-order valence-corrected chi connectivity index (χ1v) is 9.89. The molecule has 3 aromatic rings. The van der Waals surface area contributed by atoms with Crippen LogP contribution in [0.5, 0.6) is 5.75 Å². The van der Waals surface area contributed by atoms with E-state index in [0.717, 1.165) is 0 Å². The molecule has 0 bridgehead atoms. The van der Waals surface area contributed by atoms with Crippen LogP contribution in [0.1, 0.15) is 24.2 Å². The maximum Gasteiger partial charge on any atom is 0.343 e. The predicted octanol–water partition coefficient (Wildman–Crippen LogP) is 4.76. The molecule has 7 nitrogen and oxygen atoms in total. The second kappa shape index (κ2) is 9.65. The maximum absolute atomic E-state index is 12.8. The molecule has 0 radical (unpaired) electrons. The fraction of sp³-hybridized carbons (Fsp3) is 0.190. The van der Waals surface area contributed by atoms with Crippen molar-refractivity contribution in [3.8, 4) is 11.4 Å². The lowest BCUT2D eigenvalue weighted by atomic mass is 10.2. The minimum absolute atomic E-state index is 0.130. The maximum atomic E-state index is 12.8. The van der Waals surface area contributed by atoms with Gasteiger partial charge < -0.3 is 14.8 Å². The summed E-state index contributed by atoms with van der Waals surface area (Å²) in [6.07, 6.45) is 0.431. The molecule has 1 atom stereocenters. The fourth-order valence-corrected chi connectivity index (χ4v) is 3.08. The smallest absolute Gasteiger partial charge is 0.343 e. The molecule has 30 heavy (non-hydrogen) atoms. The van der Waals surface area contributed by atoms with E-state index in [2.05, 4.69) is 10.4 Å². The van der Waals surface area contributed by atoms with Gasteiger partial charge in [0, 0.05) is 5.02 Å². The van der Waals surface area contributed by atoms with Gasteiger partial charge in [-0.1, -0.05) is 41.4 Å². The molecule has 1 unspecified atom stereocenters. The molecular weight excluding hydrogens is 429 g/mol. The average molecular weight is 448 g/mol. The highest BCUT2D eigenvalue weighted by Crippen LogP contribution is 2.29. The van der Waals surface area contributed by atoms with Crippen LogP contribution in [0.15, 0.2) is 54.7 Å². The minimum Gasteiger partial charge on any atom is -0.479 e. The van der Waals surface area contributed by atoms with E-state index < -0.39 is 18.0 Å². The van der Waals surface area contributed by atoms with Crippen molar-refractivity contribution >= 4 is 40.9 Å². The molecule has 0 fully saturated rings. The largest absolute Gasteiger partial charge is 0.479 e. The number of ether oxygens (including phenoxy) is 2. The van der Waals surface area contributed by atoms with E-state index in [1.54, 1.807) is 38.1 Å². The molecule has 0 saturated heterocycles. The van der Waals surface area contributed by atoms with E-state index in [1.165, 1.54) is 16.9 Å². The van der Waals surface area contributed by atoms with E-state index in [-0.39, 0.29) is 23.0 Å². The van der Waals surface area contributed by atoms with Crippen LogP contribution in [-0.2, 0) is 9.53 Å². The molecule has 1 heterocycles. The number of anilines is 1. The molecule has 0 aliphatic rings. The Bertz CT molecular complexity index is 1050. The Labute approximate surface area is 183 Å². The summed E-state index contributed by atoms with van der Waals surface area (Å²) in [6, 6.07) is 13.8. The number of carbonyl (C=O) groups excluding carboxylic acids is 2. The van der Waals surface area contributed by atoms with Gasteiger partial charge >= 0.3 is 5.97 Å². The Balaban J connectivity index is 1.87. The third-order valence-electron chi connectivity index (χ3n) is 4.07. The lowest BCUT2D eigenvalue weighted by Gasteiger charge is -2.17. The summed E-state index contributed by atoms with van der Waals surface area (Å²) >= 11 is 12.0. The van der Waals surface area contributed by atoms with Crippen LogP contribution < -0.4 is 10.1 Å². The van der Waals surface area contributed by atoms with Crippen molar-refractivity contribution in [2.45, 2.75) is 20.0 Å². The highest BCUT2D eigenvalue weighted by molar-refractivity contribution is 6.35. The molecule has 0 spiro atoms. The number of nitrogens with zero attached hydrogens (tertiary/aromatic N) is 2. The van der Waals surface area contributed by atoms with Crippen LogP contribution in [0.2, 0.25) is 10.0 Å². The van der Waals surface area contributed by atoms with Crippen LogP contribution >= 0.6 is 23.2 Å². The second-order valence-electron chi connectivity index (χ2n) is 6.20. The quantitative estimate of drug-likeness (QED) is 0.527. The third-order valence-corrected chi connectivity index (χ3v) is 4.60. The first-order valence-electron chi connectivity index (χ1n) is 9.13. The zero-order valence-electron chi connectivity index (χ0n) is 16.3. The first-order chi connectivity index (χ1) is 14.4. The average Bonchev–Trinajstić information content (AvgIpc) is 3.14. The summed E-state index contributed by atoms with van der Waals surface area (Å²) in [5, 5.41) is 7.68. The van der Waals surface area contributed by atoms with Crippen molar-refractivity contribution in [3.63, 3.8) is 0 Å². The summed E-state index contributed by atoms with van der Waals surface area (Å²) in [5.41, 5.74) is 0.795. The number of halogens is 2. The van der Waals surface area contributed by atoms with Crippen molar-refractivity contribution in [1.29, 1.82) is 0 Å². The number of esters is 1. The number of amides is 1. The molecule has 0 saturated carbocycles. The van der Waals surface area contributed by atoms with Crippen LogP contribution in [0.4, 0.5) is 5.82 Å². The van der Waals surface area contributed by atoms with Gasteiger partial charge in [-0.2, -0.15) is 5.10 Å². The molecule has 0 aliphatic heterocycles. The highest BCUT2D eigenvalue weighted by Gasteiger charge is 2.24. The zero-order valence-corrected chi connectivity index (χ0v) is 17.8. The Morgan fingerprint density at radius 3 is 2.57 bits per heavy atom. The number of nitrogens with one attached hydrogen (secondary N) is 1. The topological polar surface area (TPSA) is 82.5 Å². The van der Waals surface area contributed by atoms with Gasteiger partial charge in [0.2, 0.25) is 0 Å². The number of carbonyl (C=O) groups is 2. The standard InChI is InChI=1S/C21H19Cl2N3O4/c1-3-29-21(28)16-12-24-26(15-7-5-4-6-8-15)19(16)25-20(27)13(2)30-18-10-9-14(22)11-17(18)23/h4-13H,3H2,1-2H3,(H,25,27). The monoisotopic (exact) mass is 447 g/mol. The number of hydrogen-bond donors (Lipinski definition) is 1. The van der Waals surface area contributed by atoms with Gasteiger partial charge in [0.15, 0.2) is 11.9 Å². The number of aromatic nitrogens is 2. The van der Waals surface area contributed by atoms with Crippen LogP contribution in [-0.4, -0.2) is 34.4 Å². The molecule has 1 aromatic heterocycles. The molecular formula is C21H19Cl2N3O4. The predicted molar refractivity (Wildman–Crippen MR) is 115 cm³/mol. The normalized spacial score (nSPS) is 11.6. The lowest BCUT2D eigenvalue weighted by molar-refractivity contribution is -0.122. The Morgan fingerprint density at radius 2 is 1.90 bits per heavy atom. The Hall–Kier alpha value is -3.03. The van der Waals surface area contributed by atoms with Crippen LogP contribution in [0, 0.1) is 0 Å². The SMILES string of the molecule is CCOC(=O)c1cnn(-c2ccccc2)c1NC(=O)C(C)Oc1ccc(Cl)cc1Cl. The van der Waals surface area contributed by atoms with Crippen molar-refractivity contribution < 1.29 is 19.1 Å². The molecule has 9 heteroatoms. The van der Waals surface area contributed by atoms with Gasteiger partial charge in [-0.25, -0.2) is 9.48 Å². The second-order valence-corrected chi connectivity index (χ2v) is 7.04. The van der Waals surface area contributed by atoms with E-state index in [0.29, 0.717) is 16.5 Å². The van der Waals surface area contributed by atoms with Crippen molar-refractivity contribution in [2.75, 3.05) is 11.9 Å². The molecule has 1 amide bonds. The molecule has 2 aromatic carbocycles. The van der Waals surface area contributed by atoms with Gasteiger partial charge in [0.25, 0.3) is 5.91 Å². The Kier molecular flexibility index (Phi) is 6.97. The van der Waals surface area contributed by atoms with Crippen molar-refractivity contribution in [1.82, 2.24) is 9.78 Å². The number of para-hydroxylation sites is 1. The van der Waals surface area contributed by atoms with Gasteiger partial charge in [-0.3, -0.25) is 4.79 Å². The summed E-state index contributed by atoms with van der Waals surface area (Å²) in [5.74, 6) is -0.596. The summed E-state index contributed by atoms with van der Waals surface area (Å²) in [6.45, 7) is 3.45. The highest BCUT2D eigenvalue weighted by atomic mass is 35.5. The summed E-state index contributed by atoms with van der Waals surface area (Å²) in [4.78, 5) is 25.2. The first kappa shape index (κ1) is 21.7. The Morgan fingerprint density at radius 1 is 1.17 bits per heavy atom. The van der Waals surface area contributed by atoms with E-state index in [1.807, 2.05) is 18.2 Å². The molecule has 3 rings (SSSR count). The number of hydrogen-bond acceptors (Lipinski definition) is 5. The van der Waals surface area contributed by atoms with Crippen LogP contribution in [0.3, 0.4) is 0 Å². The van der Waals surface area contributed by atoms with Gasteiger partial charge in [-0.15, -0.1) is 0 Å². The van der Waals surface area contributed by atoms with E-state index >= 15 is 0 Å². The molecule has 156 valence electrons. The third kappa shape index (κ3) is 4.93. The molecule has 0 aliphatic carbocycles. The van der Waals surface area contributed by atoms with E-state index in [9.17, 15) is 9.59 Å². The molecule has 1 N–H and O–H groups in total. The van der Waals surface area contributed by atoms with Crippen molar-refractivity contribution in [3.05, 3.63) is 70.3 Å². The summed E-state index contributed by atoms with van der Waals surface area (Å²) < 4.78 is 12.2. The minimum atomic E-state index is -0.919. The number of rotatable bonds is 7. The lowest BCUT2D eigenvalue weighted by Crippen LogP contribution is -2.31. The summed E-state index contributed by atoms with van der Waals surface area (Å²) in [7, 11) is 0.